The van der Waals surface area contributed by atoms with Crippen molar-refractivity contribution in [2.45, 2.75) is 57.9 Å². The molecule has 1 saturated carbocycles. The topological polar surface area (TPSA) is 72.2 Å². The van der Waals surface area contributed by atoms with E-state index in [0.29, 0.717) is 17.5 Å². The number of nitrogens with one attached hydrogen (secondary N) is 1. The molecule has 2 rings (SSSR count). The Bertz CT molecular complexity index is 625. The predicted octanol–water partition coefficient (Wildman–Crippen LogP) is 2.99. The summed E-state index contributed by atoms with van der Waals surface area (Å²) in [4.78, 5) is 0.205. The number of rotatable bonds is 3. The molecule has 3 atom stereocenters. The lowest BCUT2D eigenvalue weighted by Gasteiger charge is -2.34. The summed E-state index contributed by atoms with van der Waals surface area (Å²) in [5.74, 6) is 0.893. The minimum Gasteiger partial charge on any atom is -0.398 e. The van der Waals surface area contributed by atoms with Gasteiger partial charge in [-0.05, 0) is 55.4 Å². The second-order valence-electron chi connectivity index (χ2n) is 6.47. The normalized spacial score (nSPS) is 26.8. The van der Waals surface area contributed by atoms with Crippen molar-refractivity contribution < 1.29 is 8.42 Å². The first-order valence-corrected chi connectivity index (χ1v) is 9.09. The third-order valence-corrected chi connectivity index (χ3v) is 6.47. The molecule has 0 amide bonds. The lowest BCUT2D eigenvalue weighted by Crippen LogP contribution is -2.43. The van der Waals surface area contributed by atoms with E-state index in [1.165, 1.54) is 6.42 Å². The number of nitrogen functional groups attached to an aromatic ring is 1. The standard InChI is InChI=1S/C16H26N2O2S/c1-10-6-5-7-15(13(10)4)18-21(19,20)16-9-12(3)11(2)8-14(16)17/h8-10,13,15,18H,5-7,17H2,1-4H3. The van der Waals surface area contributed by atoms with Crippen LogP contribution < -0.4 is 10.5 Å². The van der Waals surface area contributed by atoms with Crippen molar-refractivity contribution in [1.29, 1.82) is 0 Å². The molecule has 21 heavy (non-hydrogen) atoms. The van der Waals surface area contributed by atoms with Gasteiger partial charge in [-0.3, -0.25) is 0 Å². The second kappa shape index (κ2) is 5.97. The molecule has 5 heteroatoms. The zero-order chi connectivity index (χ0) is 15.8. The molecule has 118 valence electrons. The predicted molar refractivity (Wildman–Crippen MR) is 86.6 cm³/mol. The third-order valence-electron chi connectivity index (χ3n) is 4.93. The molecule has 1 aromatic carbocycles. The van der Waals surface area contributed by atoms with E-state index in [2.05, 4.69) is 18.6 Å². The summed E-state index contributed by atoms with van der Waals surface area (Å²) < 4.78 is 28.2. The zero-order valence-corrected chi connectivity index (χ0v) is 14.1. The number of benzene rings is 1. The number of hydrogen-bond acceptors (Lipinski definition) is 3. The van der Waals surface area contributed by atoms with Crippen LogP contribution in [-0.2, 0) is 10.0 Å². The fourth-order valence-corrected chi connectivity index (χ4v) is 4.62. The van der Waals surface area contributed by atoms with E-state index in [0.717, 1.165) is 24.0 Å². The number of hydrogen-bond donors (Lipinski definition) is 2. The molecule has 1 aliphatic carbocycles. The Morgan fingerprint density at radius 1 is 1.14 bits per heavy atom. The van der Waals surface area contributed by atoms with Crippen LogP contribution in [0.5, 0.6) is 0 Å². The molecular weight excluding hydrogens is 284 g/mol. The van der Waals surface area contributed by atoms with Crippen LogP contribution in [0.1, 0.15) is 44.2 Å². The van der Waals surface area contributed by atoms with Gasteiger partial charge in [-0.1, -0.05) is 26.7 Å². The van der Waals surface area contributed by atoms with E-state index in [1.807, 2.05) is 13.8 Å². The van der Waals surface area contributed by atoms with Gasteiger partial charge < -0.3 is 5.73 Å². The van der Waals surface area contributed by atoms with E-state index in [9.17, 15) is 8.42 Å². The van der Waals surface area contributed by atoms with Crippen LogP contribution in [-0.4, -0.2) is 14.5 Å². The lowest BCUT2D eigenvalue weighted by molar-refractivity contribution is 0.227. The van der Waals surface area contributed by atoms with Gasteiger partial charge in [0.2, 0.25) is 10.0 Å². The maximum Gasteiger partial charge on any atom is 0.242 e. The maximum absolute atomic E-state index is 12.6. The molecule has 1 fully saturated rings. The highest BCUT2D eigenvalue weighted by molar-refractivity contribution is 7.89. The third kappa shape index (κ3) is 3.40. The summed E-state index contributed by atoms with van der Waals surface area (Å²) in [5.41, 5.74) is 8.19. The lowest BCUT2D eigenvalue weighted by atomic mass is 9.78. The fourth-order valence-electron chi connectivity index (χ4n) is 3.06. The van der Waals surface area contributed by atoms with Crippen molar-refractivity contribution in [1.82, 2.24) is 4.72 Å². The van der Waals surface area contributed by atoms with Gasteiger partial charge in [0.25, 0.3) is 0 Å². The van der Waals surface area contributed by atoms with E-state index >= 15 is 0 Å². The van der Waals surface area contributed by atoms with Crippen LogP contribution in [0, 0.1) is 25.7 Å². The van der Waals surface area contributed by atoms with Gasteiger partial charge >= 0.3 is 0 Å². The van der Waals surface area contributed by atoms with Crippen LogP contribution in [0.25, 0.3) is 0 Å². The van der Waals surface area contributed by atoms with Gasteiger partial charge in [0, 0.05) is 6.04 Å². The Labute approximate surface area is 128 Å². The molecule has 1 aromatic rings. The smallest absolute Gasteiger partial charge is 0.242 e. The molecule has 4 nitrogen and oxygen atoms in total. The summed E-state index contributed by atoms with van der Waals surface area (Å²) in [7, 11) is -3.56. The van der Waals surface area contributed by atoms with E-state index in [4.69, 9.17) is 5.73 Å². The van der Waals surface area contributed by atoms with Crippen LogP contribution in [0.15, 0.2) is 17.0 Å². The quantitative estimate of drug-likeness (QED) is 0.843. The molecule has 1 aliphatic rings. The summed E-state index contributed by atoms with van der Waals surface area (Å²) in [6.45, 7) is 8.15. The molecule has 0 aliphatic heterocycles. The first-order chi connectivity index (χ1) is 9.72. The Hall–Kier alpha value is -1.07. The number of sulfonamides is 1. The molecule has 0 radical (unpaired) electrons. The SMILES string of the molecule is Cc1cc(N)c(S(=O)(=O)NC2CCCC(C)C2C)cc1C. The Morgan fingerprint density at radius 3 is 2.43 bits per heavy atom. The van der Waals surface area contributed by atoms with E-state index in [-0.39, 0.29) is 10.9 Å². The van der Waals surface area contributed by atoms with Crippen molar-refractivity contribution >= 4 is 15.7 Å². The van der Waals surface area contributed by atoms with Crippen molar-refractivity contribution in [3.05, 3.63) is 23.3 Å². The summed E-state index contributed by atoms with van der Waals surface area (Å²) >= 11 is 0. The van der Waals surface area contributed by atoms with Gasteiger partial charge in [0.05, 0.1) is 5.69 Å². The van der Waals surface area contributed by atoms with Gasteiger partial charge in [-0.25, -0.2) is 13.1 Å². The average Bonchev–Trinajstić information content (AvgIpc) is 2.39. The van der Waals surface area contributed by atoms with Crippen LogP contribution in [0.4, 0.5) is 5.69 Å². The van der Waals surface area contributed by atoms with Gasteiger partial charge in [0.15, 0.2) is 0 Å². The molecule has 3 N–H and O–H groups in total. The average molecular weight is 310 g/mol. The molecule has 0 saturated heterocycles. The highest BCUT2D eigenvalue weighted by atomic mass is 32.2. The Kier molecular flexibility index (Phi) is 4.63. The number of nitrogens with two attached hydrogens (primary N) is 1. The van der Waals surface area contributed by atoms with Crippen molar-refractivity contribution in [2.75, 3.05) is 5.73 Å². The summed E-state index contributed by atoms with van der Waals surface area (Å²) in [6.07, 6.45) is 3.14. The second-order valence-corrected chi connectivity index (χ2v) is 8.15. The molecule has 0 heterocycles. The van der Waals surface area contributed by atoms with E-state index < -0.39 is 10.0 Å². The first kappa shape index (κ1) is 16.3. The van der Waals surface area contributed by atoms with E-state index in [1.54, 1.807) is 12.1 Å². The molecular formula is C16H26N2O2S. The maximum atomic E-state index is 12.6. The minimum atomic E-state index is -3.56. The van der Waals surface area contributed by atoms with Gasteiger partial charge in [-0.2, -0.15) is 0 Å². The minimum absolute atomic E-state index is 0.000223. The van der Waals surface area contributed by atoms with Crippen LogP contribution in [0.3, 0.4) is 0 Å². The van der Waals surface area contributed by atoms with Gasteiger partial charge in [-0.15, -0.1) is 0 Å². The highest BCUT2D eigenvalue weighted by Gasteiger charge is 2.31. The van der Waals surface area contributed by atoms with Crippen molar-refractivity contribution in [3.63, 3.8) is 0 Å². The van der Waals surface area contributed by atoms with Crippen LogP contribution in [0.2, 0.25) is 0 Å². The number of anilines is 1. The molecule has 0 bridgehead atoms. The monoisotopic (exact) mass is 310 g/mol. The van der Waals surface area contributed by atoms with Crippen molar-refractivity contribution in [2.24, 2.45) is 11.8 Å². The van der Waals surface area contributed by atoms with Crippen molar-refractivity contribution in [3.8, 4) is 0 Å². The highest BCUT2D eigenvalue weighted by Crippen LogP contribution is 2.31. The first-order valence-electron chi connectivity index (χ1n) is 7.61. The summed E-state index contributed by atoms with van der Waals surface area (Å²) in [5, 5.41) is 0. The Morgan fingerprint density at radius 2 is 1.76 bits per heavy atom. The zero-order valence-electron chi connectivity index (χ0n) is 13.3. The molecule has 0 spiro atoms. The molecule has 0 aromatic heterocycles. The fraction of sp³-hybridized carbons (Fsp3) is 0.625. The number of aryl methyl sites for hydroxylation is 2. The Balaban J connectivity index is 2.28. The van der Waals surface area contributed by atoms with Gasteiger partial charge in [0.1, 0.15) is 4.90 Å². The largest absolute Gasteiger partial charge is 0.398 e. The molecule has 3 unspecified atom stereocenters. The summed E-state index contributed by atoms with van der Waals surface area (Å²) in [6, 6.07) is 3.40. The van der Waals surface area contributed by atoms with Crippen LogP contribution >= 0.6 is 0 Å².